The maximum absolute atomic E-state index is 13.7. The summed E-state index contributed by atoms with van der Waals surface area (Å²) in [5.41, 5.74) is 1.26. The van der Waals surface area contributed by atoms with Gasteiger partial charge in [0, 0.05) is 0 Å². The molecule has 4 heteroatoms. The SMILES string of the molecule is CCCOC(=O)C12CCC(C)(C)CC1C1=CCC3[C@@]4(C)CC(O)C(O)C(C)(C)C4CC[C@@]3(C)[C@@]1(C)CC2. The topological polar surface area (TPSA) is 66.8 Å². The lowest BCUT2D eigenvalue weighted by molar-refractivity contribution is -0.232. The Hall–Kier alpha value is -0.870. The highest BCUT2D eigenvalue weighted by Gasteiger charge is 2.70. The molecule has 0 bridgehead atoms. The van der Waals surface area contributed by atoms with Gasteiger partial charge in [-0.1, -0.05) is 67.0 Å². The third-order valence-corrected chi connectivity index (χ3v) is 13.4. The van der Waals surface area contributed by atoms with Gasteiger partial charge < -0.3 is 14.9 Å². The smallest absolute Gasteiger partial charge is 0.312 e. The van der Waals surface area contributed by atoms with E-state index in [-0.39, 0.29) is 44.4 Å². The Balaban J connectivity index is 1.58. The van der Waals surface area contributed by atoms with E-state index >= 15 is 0 Å². The van der Waals surface area contributed by atoms with E-state index in [1.54, 1.807) is 5.57 Å². The number of carbonyl (C=O) groups is 1. The van der Waals surface area contributed by atoms with E-state index in [9.17, 15) is 15.0 Å². The number of aliphatic hydroxyl groups is 2. The van der Waals surface area contributed by atoms with Crippen LogP contribution in [-0.4, -0.2) is 35.0 Å². The molecule has 0 radical (unpaired) electrons. The highest BCUT2D eigenvalue weighted by Crippen LogP contribution is 2.75. The summed E-state index contributed by atoms with van der Waals surface area (Å²) in [5.74, 6) is 1.19. The predicted octanol–water partition coefficient (Wildman–Crippen LogP) is 7.07. The molecule has 4 fully saturated rings. The molecule has 0 aliphatic heterocycles. The molecular formula is C33H54O4. The van der Waals surface area contributed by atoms with Crippen molar-refractivity contribution in [1.29, 1.82) is 0 Å². The highest BCUT2D eigenvalue weighted by molar-refractivity contribution is 5.78. The molecule has 0 aromatic heterocycles. The van der Waals surface area contributed by atoms with Crippen LogP contribution < -0.4 is 0 Å². The molecule has 0 heterocycles. The fourth-order valence-electron chi connectivity index (χ4n) is 11.1. The van der Waals surface area contributed by atoms with E-state index in [4.69, 9.17) is 4.74 Å². The summed E-state index contributed by atoms with van der Waals surface area (Å²) in [6.07, 6.45) is 11.1. The van der Waals surface area contributed by atoms with Crippen molar-refractivity contribution in [2.45, 2.75) is 132 Å². The van der Waals surface area contributed by atoms with Gasteiger partial charge >= 0.3 is 5.97 Å². The van der Waals surface area contributed by atoms with Crippen molar-refractivity contribution >= 4 is 5.97 Å². The lowest BCUT2D eigenvalue weighted by Crippen LogP contribution is -2.67. The van der Waals surface area contributed by atoms with Gasteiger partial charge in [0.15, 0.2) is 0 Å². The molecule has 9 atom stereocenters. The number of ether oxygens (including phenoxy) is 1. The maximum atomic E-state index is 13.7. The van der Waals surface area contributed by atoms with Crippen LogP contribution in [-0.2, 0) is 9.53 Å². The van der Waals surface area contributed by atoms with Gasteiger partial charge in [0.25, 0.3) is 0 Å². The van der Waals surface area contributed by atoms with Crippen LogP contribution >= 0.6 is 0 Å². The molecule has 0 aromatic rings. The third kappa shape index (κ3) is 3.63. The summed E-state index contributed by atoms with van der Waals surface area (Å²) in [6.45, 7) is 19.2. The Labute approximate surface area is 226 Å². The maximum Gasteiger partial charge on any atom is 0.312 e. The number of allylic oxidation sites excluding steroid dienone is 2. The molecule has 2 N–H and O–H groups in total. The van der Waals surface area contributed by atoms with Crippen molar-refractivity contribution in [3.05, 3.63) is 11.6 Å². The van der Waals surface area contributed by atoms with Crippen LogP contribution in [0.4, 0.5) is 0 Å². The summed E-state index contributed by atoms with van der Waals surface area (Å²) in [4.78, 5) is 13.7. The summed E-state index contributed by atoms with van der Waals surface area (Å²) < 4.78 is 5.92. The van der Waals surface area contributed by atoms with Gasteiger partial charge in [-0.15, -0.1) is 0 Å². The molecule has 0 spiro atoms. The van der Waals surface area contributed by atoms with Crippen LogP contribution in [0.2, 0.25) is 0 Å². The van der Waals surface area contributed by atoms with Gasteiger partial charge in [-0.2, -0.15) is 0 Å². The zero-order chi connectivity index (χ0) is 27.2. The Morgan fingerprint density at radius 3 is 2.30 bits per heavy atom. The average molecular weight is 515 g/mol. The minimum Gasteiger partial charge on any atom is -0.465 e. The van der Waals surface area contributed by atoms with Crippen molar-refractivity contribution in [3.8, 4) is 0 Å². The predicted molar refractivity (Wildman–Crippen MR) is 148 cm³/mol. The van der Waals surface area contributed by atoms with Gasteiger partial charge in [0.05, 0.1) is 24.2 Å². The summed E-state index contributed by atoms with van der Waals surface area (Å²) in [7, 11) is 0. The van der Waals surface area contributed by atoms with E-state index in [1.165, 1.54) is 0 Å². The number of carbonyl (C=O) groups excluding carboxylic acids is 1. The van der Waals surface area contributed by atoms with E-state index in [1.807, 2.05) is 0 Å². The van der Waals surface area contributed by atoms with Crippen LogP contribution in [0, 0.1) is 50.2 Å². The van der Waals surface area contributed by atoms with Gasteiger partial charge in [-0.05, 0) is 109 Å². The second-order valence-corrected chi connectivity index (χ2v) is 16.0. The van der Waals surface area contributed by atoms with Crippen molar-refractivity contribution in [2.75, 3.05) is 6.61 Å². The van der Waals surface area contributed by atoms with Gasteiger partial charge in [0.2, 0.25) is 0 Å². The van der Waals surface area contributed by atoms with Crippen LogP contribution in [0.1, 0.15) is 120 Å². The number of hydrogen-bond acceptors (Lipinski definition) is 4. The Morgan fingerprint density at radius 1 is 0.946 bits per heavy atom. The third-order valence-electron chi connectivity index (χ3n) is 13.4. The van der Waals surface area contributed by atoms with Gasteiger partial charge in [0.1, 0.15) is 0 Å². The fraction of sp³-hybridized carbons (Fsp3) is 0.909. The molecule has 37 heavy (non-hydrogen) atoms. The molecule has 0 saturated heterocycles. The first-order chi connectivity index (χ1) is 17.1. The second kappa shape index (κ2) is 8.56. The first kappa shape index (κ1) is 27.7. The summed E-state index contributed by atoms with van der Waals surface area (Å²) in [6, 6.07) is 0. The van der Waals surface area contributed by atoms with E-state index in [2.05, 4.69) is 61.5 Å². The molecule has 0 aromatic carbocycles. The molecule has 210 valence electrons. The lowest BCUT2D eigenvalue weighted by Gasteiger charge is -2.71. The van der Waals surface area contributed by atoms with Crippen LogP contribution in [0.5, 0.6) is 0 Å². The van der Waals surface area contributed by atoms with Crippen molar-refractivity contribution in [2.24, 2.45) is 50.2 Å². The number of fused-ring (bicyclic) bond motifs is 7. The Bertz CT molecular complexity index is 965. The number of esters is 1. The normalized spacial score (nSPS) is 50.0. The molecule has 4 nitrogen and oxygen atoms in total. The number of hydrogen-bond donors (Lipinski definition) is 2. The summed E-state index contributed by atoms with van der Waals surface area (Å²) in [5, 5.41) is 22.0. The summed E-state index contributed by atoms with van der Waals surface area (Å²) >= 11 is 0. The fourth-order valence-corrected chi connectivity index (χ4v) is 11.1. The average Bonchev–Trinajstić information content (AvgIpc) is 2.81. The van der Waals surface area contributed by atoms with Gasteiger partial charge in [-0.25, -0.2) is 0 Å². The zero-order valence-electron chi connectivity index (χ0n) is 25.0. The Morgan fingerprint density at radius 2 is 1.62 bits per heavy atom. The molecular weight excluding hydrogens is 460 g/mol. The monoisotopic (exact) mass is 514 g/mol. The second-order valence-electron chi connectivity index (χ2n) is 16.0. The first-order valence-electron chi connectivity index (χ1n) is 15.3. The zero-order valence-corrected chi connectivity index (χ0v) is 25.0. The van der Waals surface area contributed by atoms with Crippen LogP contribution in [0.3, 0.4) is 0 Å². The standard InChI is InChI=1S/C33H54O4/c1-9-18-37-27(36)33-16-14-28(2,3)19-22(33)21-10-11-25-30(6)20-23(34)26(35)29(4,5)24(30)12-13-32(25,8)31(21,7)15-17-33/h10,22-26,34-35H,9,11-20H2,1-8H3/t22?,23?,24?,25?,26?,30-,31-,32+,33?/m0/s1. The molecule has 0 amide bonds. The van der Waals surface area contributed by atoms with Crippen molar-refractivity contribution in [1.82, 2.24) is 0 Å². The molecule has 5 aliphatic rings. The first-order valence-corrected chi connectivity index (χ1v) is 15.3. The van der Waals surface area contributed by atoms with Crippen LogP contribution in [0.25, 0.3) is 0 Å². The number of aliphatic hydroxyl groups excluding tert-OH is 2. The quantitative estimate of drug-likeness (QED) is 0.312. The molecule has 5 aliphatic carbocycles. The van der Waals surface area contributed by atoms with Crippen molar-refractivity contribution < 1.29 is 19.7 Å². The number of rotatable bonds is 3. The Kier molecular flexibility index (Phi) is 6.41. The van der Waals surface area contributed by atoms with E-state index in [0.717, 1.165) is 57.8 Å². The van der Waals surface area contributed by atoms with Gasteiger partial charge in [-0.3, -0.25) is 4.79 Å². The lowest BCUT2D eigenvalue weighted by atomic mass is 9.33. The van der Waals surface area contributed by atoms with E-state index in [0.29, 0.717) is 24.9 Å². The largest absolute Gasteiger partial charge is 0.465 e. The molecule has 6 unspecified atom stereocenters. The van der Waals surface area contributed by atoms with Crippen molar-refractivity contribution in [3.63, 3.8) is 0 Å². The minimum atomic E-state index is -0.664. The van der Waals surface area contributed by atoms with Crippen LogP contribution in [0.15, 0.2) is 11.6 Å². The highest BCUT2D eigenvalue weighted by atomic mass is 16.5. The minimum absolute atomic E-state index is 0.0133. The molecule has 4 saturated carbocycles. The molecule has 5 rings (SSSR count). The van der Waals surface area contributed by atoms with E-state index < -0.39 is 12.2 Å².